The van der Waals surface area contributed by atoms with Crippen LogP contribution in [0.3, 0.4) is 0 Å². The van der Waals surface area contributed by atoms with Crippen molar-refractivity contribution in [3.8, 4) is 11.1 Å². The van der Waals surface area contributed by atoms with E-state index in [1.807, 2.05) is 24.3 Å². The Bertz CT molecular complexity index is 1430. The standard InChI is InChI=1S/C25H14O2/c1-3-7-22-16(5-1)20-10-14-9-15-11-21-17-6-2-4-8-23(17)27-25(21)13-19(15)18(14)12-24(20)26-22/h1-8,10-13H,9H2. The van der Waals surface area contributed by atoms with Crippen LogP contribution in [0.1, 0.15) is 11.1 Å². The van der Waals surface area contributed by atoms with E-state index in [-0.39, 0.29) is 0 Å². The van der Waals surface area contributed by atoms with Gasteiger partial charge in [0.15, 0.2) is 0 Å². The molecule has 126 valence electrons. The molecule has 0 fully saturated rings. The fraction of sp³-hybridized carbons (Fsp3) is 0.0400. The number of benzene rings is 4. The molecule has 7 rings (SSSR count). The third-order valence-corrected chi connectivity index (χ3v) is 5.88. The Morgan fingerprint density at radius 2 is 0.963 bits per heavy atom. The summed E-state index contributed by atoms with van der Waals surface area (Å²) < 4.78 is 12.2. The van der Waals surface area contributed by atoms with Crippen molar-refractivity contribution in [1.29, 1.82) is 0 Å². The third kappa shape index (κ3) is 1.70. The summed E-state index contributed by atoms with van der Waals surface area (Å²) in [6.45, 7) is 0. The van der Waals surface area contributed by atoms with Gasteiger partial charge >= 0.3 is 0 Å². The summed E-state index contributed by atoms with van der Waals surface area (Å²) in [5.74, 6) is 0. The largest absolute Gasteiger partial charge is 0.456 e. The molecule has 0 radical (unpaired) electrons. The molecule has 0 bridgehead atoms. The Hall–Kier alpha value is -3.52. The summed E-state index contributed by atoms with van der Waals surface area (Å²) in [5.41, 5.74) is 9.05. The summed E-state index contributed by atoms with van der Waals surface area (Å²) in [5, 5.41) is 4.77. The predicted molar refractivity (Wildman–Crippen MR) is 109 cm³/mol. The summed E-state index contributed by atoms with van der Waals surface area (Å²) in [6, 6.07) is 25.5. The molecule has 1 aliphatic rings. The fourth-order valence-electron chi connectivity index (χ4n) is 4.63. The van der Waals surface area contributed by atoms with Gasteiger partial charge in [-0.05, 0) is 65.1 Å². The number of hydrogen-bond donors (Lipinski definition) is 0. The molecule has 0 amide bonds. The molecule has 6 aromatic rings. The first kappa shape index (κ1) is 13.7. The molecular formula is C25H14O2. The maximum atomic E-state index is 6.10. The number of para-hydroxylation sites is 2. The van der Waals surface area contributed by atoms with Gasteiger partial charge in [0, 0.05) is 21.5 Å². The van der Waals surface area contributed by atoms with Crippen LogP contribution < -0.4 is 0 Å². The van der Waals surface area contributed by atoms with Gasteiger partial charge in [0.2, 0.25) is 0 Å². The smallest absolute Gasteiger partial charge is 0.136 e. The van der Waals surface area contributed by atoms with E-state index in [2.05, 4.69) is 48.5 Å². The summed E-state index contributed by atoms with van der Waals surface area (Å²) >= 11 is 0. The number of hydrogen-bond acceptors (Lipinski definition) is 2. The van der Waals surface area contributed by atoms with Crippen LogP contribution in [0.25, 0.3) is 55.0 Å². The van der Waals surface area contributed by atoms with E-state index in [1.54, 1.807) is 0 Å². The Kier molecular flexibility index (Phi) is 2.33. The highest BCUT2D eigenvalue weighted by Gasteiger charge is 2.23. The molecular weight excluding hydrogens is 332 g/mol. The second kappa shape index (κ2) is 4.60. The van der Waals surface area contributed by atoms with E-state index in [0.717, 1.165) is 28.8 Å². The van der Waals surface area contributed by atoms with Crippen molar-refractivity contribution in [2.45, 2.75) is 6.42 Å². The van der Waals surface area contributed by atoms with E-state index in [4.69, 9.17) is 8.83 Å². The summed E-state index contributed by atoms with van der Waals surface area (Å²) in [4.78, 5) is 0. The average Bonchev–Trinajstić information content (AvgIpc) is 3.35. The van der Waals surface area contributed by atoms with Gasteiger partial charge in [-0.1, -0.05) is 36.4 Å². The minimum atomic E-state index is 0.948. The zero-order valence-electron chi connectivity index (χ0n) is 14.5. The molecule has 2 nitrogen and oxygen atoms in total. The van der Waals surface area contributed by atoms with E-state index < -0.39 is 0 Å². The molecule has 4 aromatic carbocycles. The highest BCUT2D eigenvalue weighted by molar-refractivity contribution is 6.09. The second-order valence-corrected chi connectivity index (χ2v) is 7.38. The Balaban J connectivity index is 1.54. The zero-order chi connectivity index (χ0) is 17.5. The van der Waals surface area contributed by atoms with Crippen LogP contribution in [-0.4, -0.2) is 0 Å². The van der Waals surface area contributed by atoms with Crippen LogP contribution in [0.5, 0.6) is 0 Å². The van der Waals surface area contributed by atoms with E-state index >= 15 is 0 Å². The highest BCUT2D eigenvalue weighted by atomic mass is 16.3. The number of fused-ring (bicyclic) bond motifs is 9. The average molecular weight is 346 g/mol. The Labute approximate surface area is 154 Å². The normalized spacial score (nSPS) is 13.0. The van der Waals surface area contributed by atoms with Crippen molar-refractivity contribution in [2.75, 3.05) is 0 Å². The molecule has 0 spiro atoms. The highest BCUT2D eigenvalue weighted by Crippen LogP contribution is 2.44. The first-order valence-electron chi connectivity index (χ1n) is 9.24. The van der Waals surface area contributed by atoms with E-state index in [9.17, 15) is 0 Å². The van der Waals surface area contributed by atoms with Gasteiger partial charge in [0.25, 0.3) is 0 Å². The Morgan fingerprint density at radius 1 is 0.481 bits per heavy atom. The molecule has 2 aromatic heterocycles. The quantitative estimate of drug-likeness (QED) is 0.294. The molecule has 0 N–H and O–H groups in total. The van der Waals surface area contributed by atoms with Crippen molar-refractivity contribution in [1.82, 2.24) is 0 Å². The molecule has 27 heavy (non-hydrogen) atoms. The van der Waals surface area contributed by atoms with Gasteiger partial charge in [-0.3, -0.25) is 0 Å². The maximum absolute atomic E-state index is 6.10. The van der Waals surface area contributed by atoms with Crippen molar-refractivity contribution in [3.05, 3.63) is 83.9 Å². The van der Waals surface area contributed by atoms with E-state index in [1.165, 1.54) is 43.8 Å². The minimum Gasteiger partial charge on any atom is -0.456 e. The van der Waals surface area contributed by atoms with Gasteiger partial charge in [0.05, 0.1) is 0 Å². The number of furan rings is 2. The lowest BCUT2D eigenvalue weighted by molar-refractivity contribution is 0.668. The molecule has 0 saturated heterocycles. The minimum absolute atomic E-state index is 0.948. The van der Waals surface area contributed by atoms with Gasteiger partial charge in [-0.15, -0.1) is 0 Å². The van der Waals surface area contributed by atoms with Gasteiger partial charge in [-0.25, -0.2) is 0 Å². The third-order valence-electron chi connectivity index (χ3n) is 5.88. The van der Waals surface area contributed by atoms with Gasteiger partial charge in [-0.2, -0.15) is 0 Å². The van der Waals surface area contributed by atoms with Crippen LogP contribution in [-0.2, 0) is 6.42 Å². The molecule has 0 aliphatic heterocycles. The molecule has 0 atom stereocenters. The lowest BCUT2D eigenvalue weighted by atomic mass is 10.0. The van der Waals surface area contributed by atoms with Crippen LogP contribution in [0, 0.1) is 0 Å². The zero-order valence-corrected chi connectivity index (χ0v) is 14.5. The van der Waals surface area contributed by atoms with Gasteiger partial charge < -0.3 is 8.83 Å². The van der Waals surface area contributed by atoms with Crippen LogP contribution in [0.4, 0.5) is 0 Å². The first-order valence-corrected chi connectivity index (χ1v) is 9.24. The van der Waals surface area contributed by atoms with Crippen molar-refractivity contribution in [2.24, 2.45) is 0 Å². The van der Waals surface area contributed by atoms with Crippen molar-refractivity contribution in [3.63, 3.8) is 0 Å². The molecule has 2 heteroatoms. The summed E-state index contributed by atoms with van der Waals surface area (Å²) in [6.07, 6.45) is 0.954. The summed E-state index contributed by atoms with van der Waals surface area (Å²) in [7, 11) is 0. The van der Waals surface area contributed by atoms with Crippen LogP contribution in [0.2, 0.25) is 0 Å². The number of rotatable bonds is 0. The second-order valence-electron chi connectivity index (χ2n) is 7.38. The predicted octanol–water partition coefficient (Wildman–Crippen LogP) is 7.06. The first-order chi connectivity index (χ1) is 13.3. The van der Waals surface area contributed by atoms with Crippen LogP contribution in [0.15, 0.2) is 81.6 Å². The maximum Gasteiger partial charge on any atom is 0.136 e. The molecule has 0 saturated carbocycles. The SMILES string of the molecule is c1ccc2c(c1)oc1cc3c(cc12)Cc1cc2c(cc1-3)oc1ccccc12. The van der Waals surface area contributed by atoms with Crippen LogP contribution >= 0.6 is 0 Å². The van der Waals surface area contributed by atoms with Crippen molar-refractivity contribution >= 4 is 43.9 Å². The fourth-order valence-corrected chi connectivity index (χ4v) is 4.63. The lowest BCUT2D eigenvalue weighted by Gasteiger charge is -2.01. The molecule has 1 aliphatic carbocycles. The van der Waals surface area contributed by atoms with Crippen molar-refractivity contribution < 1.29 is 8.83 Å². The molecule has 0 unspecified atom stereocenters. The lowest BCUT2D eigenvalue weighted by Crippen LogP contribution is -1.80. The van der Waals surface area contributed by atoms with Gasteiger partial charge in [0.1, 0.15) is 22.3 Å². The monoisotopic (exact) mass is 346 g/mol. The Morgan fingerprint density at radius 3 is 1.48 bits per heavy atom. The van der Waals surface area contributed by atoms with E-state index in [0.29, 0.717) is 0 Å². The topological polar surface area (TPSA) is 26.3 Å². The molecule has 2 heterocycles.